The molecule has 2 amide bonds. The van der Waals surface area contributed by atoms with E-state index in [0.717, 1.165) is 26.0 Å². The first-order valence-electron chi connectivity index (χ1n) is 15.0. The number of nitrogens with two attached hydrogens (primary N) is 1. The van der Waals surface area contributed by atoms with Crippen molar-refractivity contribution in [2.75, 3.05) is 26.2 Å². The number of hydrogen-bond acceptors (Lipinski definition) is 7. The number of carbonyl (C=O) groups is 3. The SMILES string of the molecule is C=C(C)CCOC(C)(C)CC(C)C.CC.CCC(=O)CNC(=O)CNC(=O)C(NC(C)O)C(C)C.CCCCN. The van der Waals surface area contributed by atoms with Gasteiger partial charge in [0.15, 0.2) is 5.78 Å². The summed E-state index contributed by atoms with van der Waals surface area (Å²) in [7, 11) is 0. The van der Waals surface area contributed by atoms with Crippen LogP contribution in [0.1, 0.15) is 115 Å². The lowest BCUT2D eigenvalue weighted by Gasteiger charge is -2.27. The second-order valence-electron chi connectivity index (χ2n) is 11.0. The van der Waals surface area contributed by atoms with Crippen molar-refractivity contribution in [2.45, 2.75) is 133 Å². The van der Waals surface area contributed by atoms with Crippen LogP contribution < -0.4 is 21.7 Å². The third kappa shape index (κ3) is 34.2. The summed E-state index contributed by atoms with van der Waals surface area (Å²) in [6.45, 7) is 29.1. The number of ketones is 1. The highest BCUT2D eigenvalue weighted by Gasteiger charge is 2.23. The lowest BCUT2D eigenvalue weighted by molar-refractivity contribution is -0.129. The Morgan fingerprint density at radius 2 is 1.55 bits per heavy atom. The third-order valence-corrected chi connectivity index (χ3v) is 5.15. The molecule has 0 radical (unpaired) electrons. The Balaban J connectivity index is -0.000000276. The van der Waals surface area contributed by atoms with Gasteiger partial charge in [0.2, 0.25) is 11.8 Å². The molecule has 0 spiro atoms. The fourth-order valence-corrected chi connectivity index (χ4v) is 3.24. The second kappa shape index (κ2) is 28.7. The smallest absolute Gasteiger partial charge is 0.239 e. The summed E-state index contributed by atoms with van der Waals surface area (Å²) in [4.78, 5) is 34.4. The molecule has 240 valence electrons. The fraction of sp³-hybridized carbons (Fsp3) is 0.839. The Morgan fingerprint density at radius 3 is 1.90 bits per heavy atom. The summed E-state index contributed by atoms with van der Waals surface area (Å²) in [5.74, 6) is -0.188. The van der Waals surface area contributed by atoms with Gasteiger partial charge >= 0.3 is 0 Å². The summed E-state index contributed by atoms with van der Waals surface area (Å²) < 4.78 is 5.79. The number of rotatable bonds is 17. The molecule has 9 heteroatoms. The maximum Gasteiger partial charge on any atom is 0.239 e. The van der Waals surface area contributed by atoms with E-state index in [1.807, 2.05) is 34.6 Å². The number of nitrogens with one attached hydrogen (secondary N) is 3. The van der Waals surface area contributed by atoms with Crippen LogP contribution in [0.2, 0.25) is 0 Å². The Bertz CT molecular complexity index is 648. The Kier molecular flexibility index (Phi) is 32.4. The lowest BCUT2D eigenvalue weighted by atomic mass is 9.96. The molecule has 0 fully saturated rings. The molecule has 0 saturated heterocycles. The fourth-order valence-electron chi connectivity index (χ4n) is 3.24. The average molecular weight is 575 g/mol. The summed E-state index contributed by atoms with van der Waals surface area (Å²) in [6, 6.07) is -0.583. The number of amides is 2. The van der Waals surface area contributed by atoms with Crippen LogP contribution in [0.15, 0.2) is 12.2 Å². The number of carbonyl (C=O) groups excluding carboxylic acids is 3. The van der Waals surface area contributed by atoms with Crippen LogP contribution in [-0.4, -0.2) is 66.8 Å². The molecular formula is C31H66N4O5. The molecule has 0 aliphatic carbocycles. The molecule has 2 unspecified atom stereocenters. The topological polar surface area (TPSA) is 143 Å². The number of unbranched alkanes of at least 4 members (excludes halogenated alkanes) is 1. The quantitative estimate of drug-likeness (QED) is 0.125. The first kappa shape index (κ1) is 45.2. The Labute approximate surface area is 246 Å². The summed E-state index contributed by atoms with van der Waals surface area (Å²) in [5, 5.41) is 16.9. The molecule has 9 nitrogen and oxygen atoms in total. The van der Waals surface area contributed by atoms with E-state index in [1.165, 1.54) is 25.3 Å². The minimum Gasteiger partial charge on any atom is -0.379 e. The average Bonchev–Trinajstić information content (AvgIpc) is 2.85. The van der Waals surface area contributed by atoms with Gasteiger partial charge in [-0.3, -0.25) is 19.7 Å². The predicted octanol–water partition coefficient (Wildman–Crippen LogP) is 4.72. The summed E-state index contributed by atoms with van der Waals surface area (Å²) in [6.07, 6.45) is 4.02. The molecule has 0 rings (SSSR count). The van der Waals surface area contributed by atoms with Crippen molar-refractivity contribution in [2.24, 2.45) is 17.6 Å². The van der Waals surface area contributed by atoms with E-state index < -0.39 is 18.2 Å². The number of ether oxygens (including phenoxy) is 1. The van der Waals surface area contributed by atoms with Crippen molar-refractivity contribution >= 4 is 17.6 Å². The highest BCUT2D eigenvalue weighted by molar-refractivity contribution is 5.90. The molecule has 0 aliphatic heterocycles. The molecule has 0 aliphatic rings. The zero-order valence-corrected chi connectivity index (χ0v) is 28.0. The van der Waals surface area contributed by atoms with Gasteiger partial charge in [0, 0.05) is 6.42 Å². The van der Waals surface area contributed by atoms with Crippen LogP contribution in [0.4, 0.5) is 0 Å². The van der Waals surface area contributed by atoms with Gasteiger partial charge in [-0.2, -0.15) is 0 Å². The number of Topliss-reactive ketones (excluding diaryl/α,β-unsaturated/α-hetero) is 1. The van der Waals surface area contributed by atoms with Crippen molar-refractivity contribution in [3.63, 3.8) is 0 Å². The van der Waals surface area contributed by atoms with E-state index in [-0.39, 0.29) is 36.3 Å². The number of hydrogen-bond donors (Lipinski definition) is 5. The minimum atomic E-state index is -0.816. The lowest BCUT2D eigenvalue weighted by Crippen LogP contribution is -2.52. The number of aliphatic hydroxyl groups is 1. The van der Waals surface area contributed by atoms with Crippen LogP contribution >= 0.6 is 0 Å². The zero-order chi connectivity index (χ0) is 32.3. The first-order chi connectivity index (χ1) is 18.5. The maximum absolute atomic E-state index is 11.9. The summed E-state index contributed by atoms with van der Waals surface area (Å²) >= 11 is 0. The first-order valence-corrected chi connectivity index (χ1v) is 15.0. The number of aliphatic hydroxyl groups excluding tert-OH is 1. The van der Waals surface area contributed by atoms with E-state index in [1.54, 1.807) is 6.92 Å². The second-order valence-corrected chi connectivity index (χ2v) is 11.0. The Morgan fingerprint density at radius 1 is 1.00 bits per heavy atom. The standard InChI is InChI=1S/C13H25N3O4.C12H24O.C4H11N.C2H6/c1-5-10(18)6-14-11(19)7-15-13(20)12(8(2)3)16-9(4)17;1-10(2)7-8-13-12(5,6)9-11(3)4;1-2-3-4-5;1-2/h8-9,12,16-17H,5-7H2,1-4H3,(H,14,19)(H,15,20);11H,1,7-9H2,2-6H3;2-5H2,1H3;1-2H3. The van der Waals surface area contributed by atoms with Gasteiger partial charge in [-0.15, -0.1) is 6.58 Å². The minimum absolute atomic E-state index is 0.0175. The highest BCUT2D eigenvalue weighted by atomic mass is 16.5. The van der Waals surface area contributed by atoms with Crippen molar-refractivity contribution in [1.29, 1.82) is 0 Å². The summed E-state index contributed by atoms with van der Waals surface area (Å²) in [5.41, 5.74) is 6.35. The van der Waals surface area contributed by atoms with Crippen LogP contribution in [0, 0.1) is 11.8 Å². The molecule has 2 atom stereocenters. The van der Waals surface area contributed by atoms with E-state index in [2.05, 4.69) is 57.1 Å². The van der Waals surface area contributed by atoms with Gasteiger partial charge in [0.25, 0.3) is 0 Å². The molecule has 0 bridgehead atoms. The van der Waals surface area contributed by atoms with Gasteiger partial charge in [0.1, 0.15) is 6.23 Å². The van der Waals surface area contributed by atoms with Crippen LogP contribution in [-0.2, 0) is 19.1 Å². The van der Waals surface area contributed by atoms with Crippen LogP contribution in [0.3, 0.4) is 0 Å². The largest absolute Gasteiger partial charge is 0.379 e. The normalized spacial score (nSPS) is 12.0. The molecule has 0 aromatic carbocycles. The Hall–Kier alpha value is -1.81. The monoisotopic (exact) mass is 575 g/mol. The molecule has 0 aromatic heterocycles. The molecule has 0 aromatic rings. The van der Waals surface area contributed by atoms with Gasteiger partial charge in [-0.1, -0.05) is 67.4 Å². The van der Waals surface area contributed by atoms with Crippen molar-refractivity contribution < 1.29 is 24.2 Å². The van der Waals surface area contributed by atoms with Crippen molar-refractivity contribution in [3.05, 3.63) is 12.2 Å². The van der Waals surface area contributed by atoms with Gasteiger partial charge in [-0.05, 0) is 65.3 Å². The van der Waals surface area contributed by atoms with E-state index >= 15 is 0 Å². The highest BCUT2D eigenvalue weighted by Crippen LogP contribution is 2.20. The van der Waals surface area contributed by atoms with Gasteiger partial charge < -0.3 is 26.2 Å². The van der Waals surface area contributed by atoms with E-state index in [9.17, 15) is 19.5 Å². The van der Waals surface area contributed by atoms with Gasteiger partial charge in [-0.25, -0.2) is 0 Å². The zero-order valence-electron chi connectivity index (χ0n) is 28.0. The molecule has 0 saturated carbocycles. The van der Waals surface area contributed by atoms with Crippen molar-refractivity contribution in [1.82, 2.24) is 16.0 Å². The maximum atomic E-state index is 11.9. The van der Waals surface area contributed by atoms with Crippen LogP contribution in [0.5, 0.6) is 0 Å². The molecule has 40 heavy (non-hydrogen) atoms. The van der Waals surface area contributed by atoms with Crippen molar-refractivity contribution in [3.8, 4) is 0 Å². The van der Waals surface area contributed by atoms with Gasteiger partial charge in [0.05, 0.1) is 31.3 Å². The van der Waals surface area contributed by atoms with E-state index in [0.29, 0.717) is 12.3 Å². The predicted molar refractivity (Wildman–Crippen MR) is 169 cm³/mol. The van der Waals surface area contributed by atoms with Crippen LogP contribution in [0.25, 0.3) is 0 Å². The molecular weight excluding hydrogens is 508 g/mol. The molecule has 6 N–H and O–H groups in total. The third-order valence-electron chi connectivity index (χ3n) is 5.15. The molecule has 0 heterocycles. The van der Waals surface area contributed by atoms with E-state index in [4.69, 9.17) is 10.5 Å².